The summed E-state index contributed by atoms with van der Waals surface area (Å²) in [6, 6.07) is 9.68. The standard InChI is InChI=1S/C20H22Cl2N4S/c1-13(2)19-20(27-17-9-15(21)8-16(22)10-17)26(18(25-19)11-23-3)12-14-4-6-24-7-5-14/h4-10,13,23H,11-12H2,1-3H3. The Morgan fingerprint density at radius 3 is 2.37 bits per heavy atom. The zero-order chi connectivity index (χ0) is 19.4. The minimum Gasteiger partial charge on any atom is -0.317 e. The first-order valence-corrected chi connectivity index (χ1v) is 10.3. The third-order valence-electron chi connectivity index (χ3n) is 4.05. The van der Waals surface area contributed by atoms with Gasteiger partial charge in [0.25, 0.3) is 0 Å². The molecule has 4 nitrogen and oxygen atoms in total. The Kier molecular flexibility index (Phi) is 6.82. The molecule has 0 aliphatic carbocycles. The van der Waals surface area contributed by atoms with Crippen LogP contribution in [0.3, 0.4) is 0 Å². The lowest BCUT2D eigenvalue weighted by Crippen LogP contribution is -2.13. The Morgan fingerprint density at radius 2 is 1.78 bits per heavy atom. The molecule has 0 atom stereocenters. The lowest BCUT2D eigenvalue weighted by atomic mass is 10.1. The first-order valence-electron chi connectivity index (χ1n) is 8.74. The number of benzene rings is 1. The van der Waals surface area contributed by atoms with Gasteiger partial charge in [-0.3, -0.25) is 4.98 Å². The number of hydrogen-bond acceptors (Lipinski definition) is 4. The van der Waals surface area contributed by atoms with E-state index in [0.29, 0.717) is 22.5 Å². The van der Waals surface area contributed by atoms with Gasteiger partial charge < -0.3 is 9.88 Å². The fourth-order valence-electron chi connectivity index (χ4n) is 2.81. The van der Waals surface area contributed by atoms with Crippen molar-refractivity contribution in [3.05, 3.63) is 69.9 Å². The number of halogens is 2. The summed E-state index contributed by atoms with van der Waals surface area (Å²) in [7, 11) is 1.93. The van der Waals surface area contributed by atoms with E-state index in [2.05, 4.69) is 28.7 Å². The average molecular weight is 421 g/mol. The van der Waals surface area contributed by atoms with Crippen molar-refractivity contribution in [3.63, 3.8) is 0 Å². The maximum Gasteiger partial charge on any atom is 0.124 e. The van der Waals surface area contributed by atoms with Crippen LogP contribution in [-0.4, -0.2) is 21.6 Å². The van der Waals surface area contributed by atoms with Gasteiger partial charge in [0.05, 0.1) is 12.2 Å². The van der Waals surface area contributed by atoms with Gasteiger partial charge in [0, 0.05) is 33.9 Å². The molecule has 1 N–H and O–H groups in total. The molecule has 3 rings (SSSR count). The highest BCUT2D eigenvalue weighted by atomic mass is 35.5. The highest BCUT2D eigenvalue weighted by Crippen LogP contribution is 2.37. The molecule has 27 heavy (non-hydrogen) atoms. The molecule has 0 aliphatic heterocycles. The largest absolute Gasteiger partial charge is 0.317 e. The van der Waals surface area contributed by atoms with Crippen LogP contribution in [0.2, 0.25) is 10.0 Å². The summed E-state index contributed by atoms with van der Waals surface area (Å²) in [5.41, 5.74) is 2.26. The Morgan fingerprint density at radius 1 is 1.11 bits per heavy atom. The summed E-state index contributed by atoms with van der Waals surface area (Å²) >= 11 is 14.1. The maximum atomic E-state index is 6.21. The molecule has 0 saturated carbocycles. The first kappa shape index (κ1) is 20.2. The van der Waals surface area contributed by atoms with E-state index in [9.17, 15) is 0 Å². The molecule has 142 valence electrons. The number of nitrogens with one attached hydrogen (secondary N) is 1. The van der Waals surface area contributed by atoms with Crippen LogP contribution >= 0.6 is 35.0 Å². The van der Waals surface area contributed by atoms with Crippen molar-refractivity contribution in [2.45, 2.75) is 42.8 Å². The van der Waals surface area contributed by atoms with Crippen LogP contribution < -0.4 is 5.32 Å². The summed E-state index contributed by atoms with van der Waals surface area (Å²) in [5.74, 6) is 1.31. The lowest BCUT2D eigenvalue weighted by molar-refractivity contribution is 0.637. The molecule has 0 saturated heterocycles. The predicted molar refractivity (Wildman–Crippen MR) is 113 cm³/mol. The SMILES string of the molecule is CNCc1nc(C(C)C)c(Sc2cc(Cl)cc(Cl)c2)n1Cc1ccncc1. The van der Waals surface area contributed by atoms with E-state index >= 15 is 0 Å². The molecule has 0 aliphatic rings. The van der Waals surface area contributed by atoms with E-state index in [0.717, 1.165) is 28.0 Å². The second kappa shape index (κ2) is 9.11. The van der Waals surface area contributed by atoms with Crippen molar-refractivity contribution < 1.29 is 0 Å². The second-order valence-corrected chi connectivity index (χ2v) is 8.49. The summed E-state index contributed by atoms with van der Waals surface area (Å²) in [6.07, 6.45) is 3.63. The third kappa shape index (κ3) is 5.05. The Balaban J connectivity index is 2.08. The predicted octanol–water partition coefficient (Wildman–Crippen LogP) is 5.63. The summed E-state index contributed by atoms with van der Waals surface area (Å²) in [4.78, 5) is 10.1. The summed E-state index contributed by atoms with van der Waals surface area (Å²) in [6.45, 7) is 5.76. The molecule has 0 fully saturated rings. The van der Waals surface area contributed by atoms with Gasteiger partial charge in [-0.2, -0.15) is 0 Å². The van der Waals surface area contributed by atoms with Crippen LogP contribution in [0.5, 0.6) is 0 Å². The van der Waals surface area contributed by atoms with E-state index in [-0.39, 0.29) is 0 Å². The van der Waals surface area contributed by atoms with Crippen molar-refractivity contribution in [1.29, 1.82) is 0 Å². The fourth-order valence-corrected chi connectivity index (χ4v) is 4.73. The zero-order valence-electron chi connectivity index (χ0n) is 15.5. The summed E-state index contributed by atoms with van der Waals surface area (Å²) < 4.78 is 2.26. The van der Waals surface area contributed by atoms with Gasteiger partial charge in [0.1, 0.15) is 10.9 Å². The number of imidazole rings is 1. The van der Waals surface area contributed by atoms with Crippen molar-refractivity contribution in [3.8, 4) is 0 Å². The minimum absolute atomic E-state index is 0.302. The molecular formula is C20H22Cl2N4S. The highest BCUT2D eigenvalue weighted by molar-refractivity contribution is 7.99. The molecule has 0 radical (unpaired) electrons. The monoisotopic (exact) mass is 420 g/mol. The number of aromatic nitrogens is 3. The van der Waals surface area contributed by atoms with Crippen molar-refractivity contribution >= 4 is 35.0 Å². The molecule has 0 spiro atoms. The van der Waals surface area contributed by atoms with Crippen LogP contribution in [0.4, 0.5) is 0 Å². The van der Waals surface area contributed by atoms with Gasteiger partial charge in [0.2, 0.25) is 0 Å². The number of pyridine rings is 1. The van der Waals surface area contributed by atoms with Crippen molar-refractivity contribution in [1.82, 2.24) is 19.9 Å². The normalized spacial score (nSPS) is 11.3. The topological polar surface area (TPSA) is 42.7 Å². The molecule has 2 heterocycles. The van der Waals surface area contributed by atoms with E-state index in [1.54, 1.807) is 17.8 Å². The average Bonchev–Trinajstić information content (AvgIpc) is 2.93. The number of hydrogen-bond donors (Lipinski definition) is 1. The molecular weight excluding hydrogens is 399 g/mol. The van der Waals surface area contributed by atoms with Gasteiger partial charge in [-0.05, 0) is 48.9 Å². The summed E-state index contributed by atoms with van der Waals surface area (Å²) in [5, 5.41) is 5.60. The Bertz CT molecular complexity index is 890. The van der Waals surface area contributed by atoms with Crippen LogP contribution in [0, 0.1) is 0 Å². The van der Waals surface area contributed by atoms with E-state index < -0.39 is 0 Å². The quantitative estimate of drug-likeness (QED) is 0.537. The fraction of sp³-hybridized carbons (Fsp3) is 0.300. The minimum atomic E-state index is 0.302. The Hall–Kier alpha value is -1.53. The van der Waals surface area contributed by atoms with Crippen molar-refractivity contribution in [2.24, 2.45) is 0 Å². The third-order valence-corrected chi connectivity index (χ3v) is 5.58. The molecule has 0 amide bonds. The smallest absolute Gasteiger partial charge is 0.124 e. The van der Waals surface area contributed by atoms with E-state index in [1.807, 2.05) is 43.7 Å². The molecule has 0 bridgehead atoms. The van der Waals surface area contributed by atoms with Crippen molar-refractivity contribution in [2.75, 3.05) is 7.05 Å². The van der Waals surface area contributed by atoms with Gasteiger partial charge in [-0.25, -0.2) is 4.98 Å². The van der Waals surface area contributed by atoms with E-state index in [4.69, 9.17) is 28.2 Å². The van der Waals surface area contributed by atoms with E-state index in [1.165, 1.54) is 5.56 Å². The Labute approximate surface area is 174 Å². The zero-order valence-corrected chi connectivity index (χ0v) is 17.9. The van der Waals surface area contributed by atoms with Crippen LogP contribution in [-0.2, 0) is 13.1 Å². The maximum absolute atomic E-state index is 6.21. The van der Waals surface area contributed by atoms with Crippen LogP contribution in [0.1, 0.15) is 36.8 Å². The molecule has 3 aromatic rings. The van der Waals surface area contributed by atoms with Gasteiger partial charge >= 0.3 is 0 Å². The van der Waals surface area contributed by atoms with Crippen LogP contribution in [0.25, 0.3) is 0 Å². The highest BCUT2D eigenvalue weighted by Gasteiger charge is 2.20. The first-order chi connectivity index (χ1) is 13.0. The molecule has 2 aromatic heterocycles. The van der Waals surface area contributed by atoms with Gasteiger partial charge in [-0.15, -0.1) is 0 Å². The van der Waals surface area contributed by atoms with Gasteiger partial charge in [-0.1, -0.05) is 48.8 Å². The molecule has 0 unspecified atom stereocenters. The van der Waals surface area contributed by atoms with Crippen LogP contribution in [0.15, 0.2) is 52.6 Å². The lowest BCUT2D eigenvalue weighted by Gasteiger charge is -2.14. The number of nitrogens with zero attached hydrogens (tertiary/aromatic N) is 3. The molecule has 1 aromatic carbocycles. The molecule has 7 heteroatoms. The second-order valence-electron chi connectivity index (χ2n) is 6.55. The number of rotatable bonds is 7. The van der Waals surface area contributed by atoms with Gasteiger partial charge in [0.15, 0.2) is 0 Å².